The first kappa shape index (κ1) is 18.6. The van der Waals surface area contributed by atoms with Crippen LogP contribution in [0.5, 0.6) is 0 Å². The topological polar surface area (TPSA) is 95.8 Å². The van der Waals surface area contributed by atoms with Crippen molar-refractivity contribution in [3.05, 3.63) is 53.7 Å². The molecule has 0 radical (unpaired) electrons. The minimum absolute atomic E-state index is 0.0577. The maximum atomic E-state index is 12.4. The number of furan rings is 1. The first-order valence-electron chi connectivity index (χ1n) is 8.70. The lowest BCUT2D eigenvalue weighted by Gasteiger charge is -2.16. The van der Waals surface area contributed by atoms with Gasteiger partial charge in [-0.2, -0.15) is 0 Å². The number of nitrogens with one attached hydrogen (secondary N) is 1. The molecule has 8 heteroatoms. The Morgan fingerprint density at radius 2 is 2.11 bits per heavy atom. The van der Waals surface area contributed by atoms with Gasteiger partial charge in [-0.1, -0.05) is 6.07 Å². The highest BCUT2D eigenvalue weighted by Gasteiger charge is 2.34. The van der Waals surface area contributed by atoms with Crippen molar-refractivity contribution < 1.29 is 18.8 Å². The van der Waals surface area contributed by atoms with Gasteiger partial charge in [0.1, 0.15) is 5.76 Å². The third-order valence-corrected chi connectivity index (χ3v) is 4.38. The number of carbonyl (C=O) groups is 3. The Bertz CT molecular complexity index is 831. The van der Waals surface area contributed by atoms with Gasteiger partial charge in [-0.3, -0.25) is 19.4 Å². The average molecular weight is 370 g/mol. The van der Waals surface area contributed by atoms with E-state index in [0.29, 0.717) is 18.8 Å². The van der Waals surface area contributed by atoms with Gasteiger partial charge in [-0.05, 0) is 24.3 Å². The van der Waals surface area contributed by atoms with Gasteiger partial charge in [0.25, 0.3) is 5.91 Å². The van der Waals surface area contributed by atoms with Crippen LogP contribution < -0.4 is 5.32 Å². The van der Waals surface area contributed by atoms with E-state index in [9.17, 15) is 14.4 Å². The zero-order valence-corrected chi connectivity index (χ0v) is 15.3. The predicted octanol–water partition coefficient (Wildman–Crippen LogP) is 1.04. The first-order chi connectivity index (χ1) is 12.9. The minimum Gasteiger partial charge on any atom is -0.454 e. The van der Waals surface area contributed by atoms with Crippen molar-refractivity contribution >= 4 is 17.7 Å². The lowest BCUT2D eigenvalue weighted by atomic mass is 10.1. The zero-order valence-electron chi connectivity index (χ0n) is 15.3. The van der Waals surface area contributed by atoms with Crippen LogP contribution in [0, 0.1) is 5.92 Å². The van der Waals surface area contributed by atoms with E-state index in [-0.39, 0.29) is 36.4 Å². The molecule has 1 atom stereocenters. The van der Waals surface area contributed by atoms with E-state index in [1.807, 2.05) is 18.2 Å². The van der Waals surface area contributed by atoms with Crippen molar-refractivity contribution in [2.75, 3.05) is 20.6 Å². The fourth-order valence-corrected chi connectivity index (χ4v) is 2.91. The Balaban J connectivity index is 1.52. The van der Waals surface area contributed by atoms with Crippen LogP contribution >= 0.6 is 0 Å². The minimum atomic E-state index is -0.404. The van der Waals surface area contributed by atoms with E-state index in [4.69, 9.17) is 4.42 Å². The van der Waals surface area contributed by atoms with Gasteiger partial charge in [0.05, 0.1) is 24.7 Å². The summed E-state index contributed by atoms with van der Waals surface area (Å²) in [5.74, 6) is -0.190. The number of amides is 3. The van der Waals surface area contributed by atoms with Crippen molar-refractivity contribution in [2.24, 2.45) is 5.92 Å². The fourth-order valence-electron chi connectivity index (χ4n) is 2.91. The second kappa shape index (κ2) is 8.03. The zero-order chi connectivity index (χ0) is 19.4. The van der Waals surface area contributed by atoms with Crippen molar-refractivity contribution in [1.82, 2.24) is 20.1 Å². The molecular formula is C19H22N4O4. The Labute approximate surface area is 157 Å². The summed E-state index contributed by atoms with van der Waals surface area (Å²) in [4.78, 5) is 43.7. The van der Waals surface area contributed by atoms with E-state index in [1.165, 1.54) is 4.90 Å². The van der Waals surface area contributed by atoms with Crippen LogP contribution in [-0.4, -0.2) is 53.1 Å². The van der Waals surface area contributed by atoms with Gasteiger partial charge in [0.2, 0.25) is 11.8 Å². The molecule has 142 valence electrons. The van der Waals surface area contributed by atoms with E-state index < -0.39 is 5.92 Å². The monoisotopic (exact) mass is 370 g/mol. The second-order valence-electron chi connectivity index (χ2n) is 6.68. The van der Waals surface area contributed by atoms with Crippen LogP contribution in [0.2, 0.25) is 0 Å². The Morgan fingerprint density at radius 1 is 1.30 bits per heavy atom. The molecule has 0 saturated carbocycles. The Kier molecular flexibility index (Phi) is 5.54. The number of nitrogens with zero attached hydrogens (tertiary/aromatic N) is 3. The van der Waals surface area contributed by atoms with Gasteiger partial charge in [-0.25, -0.2) is 0 Å². The molecule has 3 heterocycles. The molecule has 1 N–H and O–H groups in total. The number of hydrogen-bond acceptors (Lipinski definition) is 5. The van der Waals surface area contributed by atoms with Gasteiger partial charge < -0.3 is 19.5 Å². The molecule has 1 fully saturated rings. The van der Waals surface area contributed by atoms with Crippen LogP contribution in [0.3, 0.4) is 0 Å². The van der Waals surface area contributed by atoms with Gasteiger partial charge in [0, 0.05) is 33.3 Å². The van der Waals surface area contributed by atoms with E-state index in [1.54, 1.807) is 37.3 Å². The fraction of sp³-hybridized carbons (Fsp3) is 0.368. The van der Waals surface area contributed by atoms with E-state index in [2.05, 4.69) is 10.3 Å². The molecule has 0 bridgehead atoms. The number of carbonyl (C=O) groups excluding carboxylic acids is 3. The molecule has 0 unspecified atom stereocenters. The molecule has 1 aliphatic rings. The van der Waals surface area contributed by atoms with Crippen molar-refractivity contribution in [3.8, 4) is 0 Å². The summed E-state index contributed by atoms with van der Waals surface area (Å²) < 4.78 is 5.45. The highest BCUT2D eigenvalue weighted by atomic mass is 16.4. The van der Waals surface area contributed by atoms with Crippen molar-refractivity contribution in [1.29, 1.82) is 0 Å². The number of likely N-dealkylation sites (tertiary alicyclic amines) is 1. The smallest absolute Gasteiger partial charge is 0.289 e. The number of aromatic nitrogens is 1. The van der Waals surface area contributed by atoms with Gasteiger partial charge in [-0.15, -0.1) is 0 Å². The molecular weight excluding hydrogens is 348 g/mol. The molecule has 2 aromatic heterocycles. The molecule has 0 aromatic carbocycles. The second-order valence-corrected chi connectivity index (χ2v) is 6.68. The quantitative estimate of drug-likeness (QED) is 0.820. The highest BCUT2D eigenvalue weighted by Crippen LogP contribution is 2.20. The van der Waals surface area contributed by atoms with E-state index >= 15 is 0 Å². The van der Waals surface area contributed by atoms with Crippen molar-refractivity contribution in [3.63, 3.8) is 0 Å². The first-order valence-corrected chi connectivity index (χ1v) is 8.70. The maximum absolute atomic E-state index is 12.4. The lowest BCUT2D eigenvalue weighted by molar-refractivity contribution is -0.129. The summed E-state index contributed by atoms with van der Waals surface area (Å²) in [6, 6.07) is 8.77. The largest absolute Gasteiger partial charge is 0.454 e. The summed E-state index contributed by atoms with van der Waals surface area (Å²) in [7, 11) is 3.28. The third kappa shape index (κ3) is 4.52. The Hall–Kier alpha value is -3.16. The standard InChI is InChI=1S/C19H22N4O4/c1-22(2)19(26)16-7-6-15(27-16)10-21-18(25)13-9-17(24)23(11-13)12-14-5-3-4-8-20-14/h3-8,13H,9-12H2,1-2H3,(H,21,25)/t13-/m1/s1. The normalized spacial score (nSPS) is 16.4. The molecule has 0 aliphatic carbocycles. The van der Waals surface area contributed by atoms with Gasteiger partial charge >= 0.3 is 0 Å². The predicted molar refractivity (Wildman–Crippen MR) is 96.3 cm³/mol. The van der Waals surface area contributed by atoms with Crippen molar-refractivity contribution in [2.45, 2.75) is 19.5 Å². The molecule has 0 spiro atoms. The summed E-state index contributed by atoms with van der Waals surface area (Å²) in [6.07, 6.45) is 1.86. The van der Waals surface area contributed by atoms with Crippen LogP contribution in [0.1, 0.15) is 28.4 Å². The molecule has 8 nitrogen and oxygen atoms in total. The van der Waals surface area contributed by atoms with Crippen LogP contribution in [0.4, 0.5) is 0 Å². The summed E-state index contributed by atoms with van der Waals surface area (Å²) in [6.45, 7) is 0.936. The van der Waals surface area contributed by atoms with Crippen LogP contribution in [0.15, 0.2) is 40.9 Å². The molecule has 27 heavy (non-hydrogen) atoms. The number of hydrogen-bond donors (Lipinski definition) is 1. The summed E-state index contributed by atoms with van der Waals surface area (Å²) >= 11 is 0. The molecule has 3 amide bonds. The SMILES string of the molecule is CN(C)C(=O)c1ccc(CNC(=O)[C@@H]2CC(=O)N(Cc3ccccn3)C2)o1. The van der Waals surface area contributed by atoms with Gasteiger partial charge in [0.15, 0.2) is 5.76 Å². The summed E-state index contributed by atoms with van der Waals surface area (Å²) in [5, 5.41) is 2.78. The molecule has 1 saturated heterocycles. The average Bonchev–Trinajstić information content (AvgIpc) is 3.27. The van der Waals surface area contributed by atoms with Crippen LogP contribution in [0.25, 0.3) is 0 Å². The summed E-state index contributed by atoms with van der Waals surface area (Å²) in [5.41, 5.74) is 0.792. The maximum Gasteiger partial charge on any atom is 0.289 e. The van der Waals surface area contributed by atoms with Crippen LogP contribution in [-0.2, 0) is 22.7 Å². The molecule has 3 rings (SSSR count). The number of rotatable bonds is 6. The van der Waals surface area contributed by atoms with E-state index in [0.717, 1.165) is 5.69 Å². The molecule has 1 aliphatic heterocycles. The highest BCUT2D eigenvalue weighted by molar-refractivity contribution is 5.91. The molecule has 2 aromatic rings. The number of pyridine rings is 1. The Morgan fingerprint density at radius 3 is 2.81 bits per heavy atom. The lowest BCUT2D eigenvalue weighted by Crippen LogP contribution is -2.32. The third-order valence-electron chi connectivity index (χ3n) is 4.38.